The van der Waals surface area contributed by atoms with Crippen LogP contribution in [0.3, 0.4) is 0 Å². The Hall–Kier alpha value is -1.62. The van der Waals surface area contributed by atoms with Crippen molar-refractivity contribution in [2.75, 3.05) is 13.7 Å². The summed E-state index contributed by atoms with van der Waals surface area (Å²) in [5.41, 5.74) is 0. The van der Waals surface area contributed by atoms with Crippen LogP contribution in [0.4, 0.5) is 0 Å². The lowest BCUT2D eigenvalue weighted by Crippen LogP contribution is -2.31. The molecule has 0 saturated carbocycles. The first-order valence-corrected chi connectivity index (χ1v) is 5.20. The lowest BCUT2D eigenvalue weighted by atomic mass is 10.4. The van der Waals surface area contributed by atoms with Gasteiger partial charge in [-0.25, -0.2) is 4.99 Å². The maximum Gasteiger partial charge on any atom is 0.291 e. The van der Waals surface area contributed by atoms with Gasteiger partial charge in [-0.3, -0.25) is 10.1 Å². The van der Waals surface area contributed by atoms with Crippen molar-refractivity contribution in [2.24, 2.45) is 4.99 Å². The second kappa shape index (κ2) is 5.98. The molecule has 0 aliphatic carbocycles. The number of methoxy groups -OCH3 is 1. The third-order valence-corrected chi connectivity index (χ3v) is 2.39. The molecule has 1 amide bonds. The number of thiophene rings is 1. The van der Waals surface area contributed by atoms with Crippen LogP contribution in [0.15, 0.2) is 35.2 Å². The van der Waals surface area contributed by atoms with E-state index in [4.69, 9.17) is 4.74 Å². The number of aliphatic imine (C=N–C) groups is 1. The zero-order valence-electron chi connectivity index (χ0n) is 8.40. The minimum absolute atomic E-state index is 0.202. The molecule has 0 bridgehead atoms. The summed E-state index contributed by atoms with van der Waals surface area (Å²) in [6.45, 7) is 3.93. The molecule has 0 aliphatic rings. The van der Waals surface area contributed by atoms with E-state index in [9.17, 15) is 4.79 Å². The molecule has 1 heterocycles. The van der Waals surface area contributed by atoms with Gasteiger partial charge in [-0.05, 0) is 11.4 Å². The van der Waals surface area contributed by atoms with Crippen molar-refractivity contribution >= 4 is 23.3 Å². The quantitative estimate of drug-likeness (QED) is 0.482. The third-order valence-electron chi connectivity index (χ3n) is 1.52. The molecule has 80 valence electrons. The van der Waals surface area contributed by atoms with Gasteiger partial charge in [0.1, 0.15) is 0 Å². The minimum Gasteiger partial charge on any atom is -0.468 e. The Morgan fingerprint density at radius 2 is 2.60 bits per heavy atom. The van der Waals surface area contributed by atoms with E-state index >= 15 is 0 Å². The van der Waals surface area contributed by atoms with Gasteiger partial charge in [0, 0.05) is 0 Å². The second-order valence-electron chi connectivity index (χ2n) is 2.57. The molecule has 0 unspecified atom stereocenters. The van der Waals surface area contributed by atoms with Crippen LogP contribution in [0.5, 0.6) is 0 Å². The lowest BCUT2D eigenvalue weighted by molar-refractivity contribution is 0.0972. The number of hydrogen-bond acceptors (Lipinski definition) is 4. The van der Waals surface area contributed by atoms with Crippen LogP contribution in [0.1, 0.15) is 9.67 Å². The number of ether oxygens (including phenoxy) is 1. The van der Waals surface area contributed by atoms with Crippen molar-refractivity contribution in [1.82, 2.24) is 5.32 Å². The Balaban J connectivity index is 2.60. The van der Waals surface area contributed by atoms with Gasteiger partial charge in [-0.15, -0.1) is 17.9 Å². The molecule has 15 heavy (non-hydrogen) atoms. The summed E-state index contributed by atoms with van der Waals surface area (Å²) in [7, 11) is 1.45. The summed E-state index contributed by atoms with van der Waals surface area (Å²) in [4.78, 5) is 16.1. The number of nitrogens with one attached hydrogen (secondary N) is 1. The summed E-state index contributed by atoms with van der Waals surface area (Å²) in [5, 5.41) is 4.39. The Morgan fingerprint density at radius 1 is 1.80 bits per heavy atom. The highest BCUT2D eigenvalue weighted by molar-refractivity contribution is 7.12. The molecule has 4 nitrogen and oxygen atoms in total. The van der Waals surface area contributed by atoms with E-state index in [1.807, 2.05) is 11.4 Å². The van der Waals surface area contributed by atoms with Gasteiger partial charge < -0.3 is 4.74 Å². The fraction of sp³-hybridized carbons (Fsp3) is 0.200. The highest BCUT2D eigenvalue weighted by Gasteiger charge is 2.08. The van der Waals surface area contributed by atoms with Crippen LogP contribution in [-0.4, -0.2) is 25.6 Å². The van der Waals surface area contributed by atoms with E-state index in [2.05, 4.69) is 16.9 Å². The van der Waals surface area contributed by atoms with Gasteiger partial charge in [-0.2, -0.15) is 0 Å². The highest BCUT2D eigenvalue weighted by atomic mass is 32.1. The van der Waals surface area contributed by atoms with Crippen LogP contribution in [0, 0.1) is 0 Å². The Morgan fingerprint density at radius 3 is 3.13 bits per heavy atom. The third kappa shape index (κ3) is 3.55. The maximum atomic E-state index is 11.6. The number of amides is 1. The van der Waals surface area contributed by atoms with Gasteiger partial charge in [0.2, 0.25) is 0 Å². The summed E-state index contributed by atoms with van der Waals surface area (Å²) in [5.74, 6) is -0.213. The smallest absolute Gasteiger partial charge is 0.291 e. The fourth-order valence-electron chi connectivity index (χ4n) is 0.869. The second-order valence-corrected chi connectivity index (χ2v) is 3.52. The SMILES string of the molecule is C=CCN=C(NC(=O)c1cccs1)OC. The Kier molecular flexibility index (Phi) is 4.56. The minimum atomic E-state index is -0.213. The van der Waals surface area contributed by atoms with Crippen molar-refractivity contribution in [2.45, 2.75) is 0 Å². The first-order chi connectivity index (χ1) is 7.27. The molecule has 0 aliphatic heterocycles. The van der Waals surface area contributed by atoms with E-state index in [1.165, 1.54) is 18.4 Å². The average Bonchev–Trinajstić information content (AvgIpc) is 2.77. The molecule has 1 aromatic heterocycles. The molecular weight excluding hydrogens is 212 g/mol. The van der Waals surface area contributed by atoms with Crippen molar-refractivity contribution in [3.8, 4) is 0 Å². The lowest BCUT2D eigenvalue weighted by Gasteiger charge is -2.04. The fourth-order valence-corrected chi connectivity index (χ4v) is 1.49. The van der Waals surface area contributed by atoms with Gasteiger partial charge in [-0.1, -0.05) is 12.1 Å². The number of amidine groups is 1. The number of carbonyl (C=O) groups excluding carboxylic acids is 1. The molecule has 0 spiro atoms. The monoisotopic (exact) mass is 224 g/mol. The standard InChI is InChI=1S/C10H12N2O2S/c1-3-6-11-10(14-2)12-9(13)8-5-4-7-15-8/h3-5,7H,1,6H2,2H3,(H,11,12,13). The average molecular weight is 224 g/mol. The van der Waals surface area contributed by atoms with Crippen LogP contribution in [0.2, 0.25) is 0 Å². The van der Waals surface area contributed by atoms with E-state index in [1.54, 1.807) is 12.1 Å². The van der Waals surface area contributed by atoms with Crippen LogP contribution >= 0.6 is 11.3 Å². The molecule has 0 saturated heterocycles. The molecule has 0 aromatic carbocycles. The molecule has 1 rings (SSSR count). The predicted octanol–water partition coefficient (Wildman–Crippen LogP) is 1.67. The van der Waals surface area contributed by atoms with Gasteiger partial charge >= 0.3 is 0 Å². The molecular formula is C10H12N2O2S. The van der Waals surface area contributed by atoms with Crippen molar-refractivity contribution in [3.05, 3.63) is 35.0 Å². The van der Waals surface area contributed by atoms with Gasteiger partial charge in [0.25, 0.3) is 11.9 Å². The number of rotatable bonds is 3. The molecule has 1 aromatic rings. The van der Waals surface area contributed by atoms with Crippen LogP contribution < -0.4 is 5.32 Å². The van der Waals surface area contributed by atoms with Crippen LogP contribution in [0.25, 0.3) is 0 Å². The van der Waals surface area contributed by atoms with Gasteiger partial charge in [0.15, 0.2) is 0 Å². The molecule has 1 N–H and O–H groups in total. The normalized spacial score (nSPS) is 10.9. The van der Waals surface area contributed by atoms with Gasteiger partial charge in [0.05, 0.1) is 18.5 Å². The Labute approximate surface area is 92.3 Å². The Bertz CT molecular complexity index is 358. The van der Waals surface area contributed by atoms with E-state index < -0.39 is 0 Å². The molecule has 0 atom stereocenters. The zero-order chi connectivity index (χ0) is 11.1. The van der Waals surface area contributed by atoms with Crippen molar-refractivity contribution in [3.63, 3.8) is 0 Å². The molecule has 0 fully saturated rings. The summed E-state index contributed by atoms with van der Waals surface area (Å²) in [6.07, 6.45) is 1.62. The van der Waals surface area contributed by atoms with E-state index in [0.717, 1.165) is 0 Å². The van der Waals surface area contributed by atoms with E-state index in [0.29, 0.717) is 11.4 Å². The first kappa shape index (κ1) is 11.5. The summed E-state index contributed by atoms with van der Waals surface area (Å²) >= 11 is 1.36. The maximum absolute atomic E-state index is 11.6. The number of hydrogen-bond donors (Lipinski definition) is 1. The van der Waals surface area contributed by atoms with Crippen molar-refractivity contribution < 1.29 is 9.53 Å². The number of nitrogens with zero attached hydrogens (tertiary/aromatic N) is 1. The number of carbonyl (C=O) groups is 1. The summed E-state index contributed by atoms with van der Waals surface area (Å²) < 4.78 is 4.90. The van der Waals surface area contributed by atoms with Crippen LogP contribution in [-0.2, 0) is 4.74 Å². The molecule has 0 radical (unpaired) electrons. The van der Waals surface area contributed by atoms with E-state index in [-0.39, 0.29) is 11.9 Å². The van der Waals surface area contributed by atoms with Crippen molar-refractivity contribution in [1.29, 1.82) is 0 Å². The topological polar surface area (TPSA) is 50.7 Å². The predicted molar refractivity (Wildman–Crippen MR) is 61.3 cm³/mol. The zero-order valence-corrected chi connectivity index (χ0v) is 9.21. The summed E-state index contributed by atoms with van der Waals surface area (Å²) in [6, 6.07) is 3.75. The largest absolute Gasteiger partial charge is 0.468 e. The first-order valence-electron chi connectivity index (χ1n) is 4.32. The highest BCUT2D eigenvalue weighted by Crippen LogP contribution is 2.07. The molecule has 5 heteroatoms.